The van der Waals surface area contributed by atoms with Gasteiger partial charge >= 0.3 is 0 Å². The van der Waals surface area contributed by atoms with Gasteiger partial charge in [0.05, 0.1) is 6.61 Å². The summed E-state index contributed by atoms with van der Waals surface area (Å²) in [6.45, 7) is 3.96. The number of hydrogen-bond donors (Lipinski definition) is 1. The average Bonchev–Trinajstić information content (AvgIpc) is 3.20. The standard InChI is InChI=1S/C22H29N3O2.HI/c1-23-22(25-13-12-20(17-25)19-6-4-3-5-7-19)24-16-18-8-10-21(11-9-18)27-15-14-26-2;/h3-11,20H,12-17H2,1-2H3,(H,23,24);1H. The first kappa shape index (κ1) is 22.5. The predicted octanol–water partition coefficient (Wildman–Crippen LogP) is 3.89. The monoisotopic (exact) mass is 495 g/mol. The van der Waals surface area contributed by atoms with Crippen molar-refractivity contribution in [3.8, 4) is 5.75 Å². The number of rotatable bonds is 7. The SMILES string of the molecule is CN=C(NCc1ccc(OCCOC)cc1)N1CCC(c2ccccc2)C1.I. The van der Waals surface area contributed by atoms with Crippen LogP contribution in [0.2, 0.25) is 0 Å². The highest BCUT2D eigenvalue weighted by atomic mass is 127. The van der Waals surface area contributed by atoms with E-state index in [2.05, 4.69) is 57.7 Å². The van der Waals surface area contributed by atoms with E-state index in [9.17, 15) is 0 Å². The molecule has 0 aromatic heterocycles. The summed E-state index contributed by atoms with van der Waals surface area (Å²) in [6, 6.07) is 18.9. The van der Waals surface area contributed by atoms with Gasteiger partial charge in [0, 0.05) is 39.7 Å². The minimum atomic E-state index is 0. The van der Waals surface area contributed by atoms with E-state index < -0.39 is 0 Å². The molecule has 152 valence electrons. The normalized spacial score (nSPS) is 16.6. The quantitative estimate of drug-likeness (QED) is 0.274. The van der Waals surface area contributed by atoms with E-state index >= 15 is 0 Å². The van der Waals surface area contributed by atoms with Crippen LogP contribution in [0.25, 0.3) is 0 Å². The van der Waals surface area contributed by atoms with Crippen molar-refractivity contribution >= 4 is 29.9 Å². The van der Waals surface area contributed by atoms with Crippen LogP contribution in [0.1, 0.15) is 23.5 Å². The minimum absolute atomic E-state index is 0. The molecule has 0 saturated carbocycles. The molecule has 28 heavy (non-hydrogen) atoms. The number of benzene rings is 2. The zero-order chi connectivity index (χ0) is 18.9. The minimum Gasteiger partial charge on any atom is -0.491 e. The molecule has 1 saturated heterocycles. The molecule has 1 aliphatic heterocycles. The summed E-state index contributed by atoms with van der Waals surface area (Å²) < 4.78 is 10.6. The molecule has 5 nitrogen and oxygen atoms in total. The van der Waals surface area contributed by atoms with Crippen LogP contribution in [0.15, 0.2) is 59.6 Å². The van der Waals surface area contributed by atoms with Crippen LogP contribution in [0, 0.1) is 0 Å². The summed E-state index contributed by atoms with van der Waals surface area (Å²) in [6.07, 6.45) is 1.16. The molecule has 1 N–H and O–H groups in total. The van der Waals surface area contributed by atoms with Crippen molar-refractivity contribution in [2.75, 3.05) is 40.5 Å². The van der Waals surface area contributed by atoms with Gasteiger partial charge in [0.2, 0.25) is 0 Å². The second kappa shape index (κ2) is 11.9. The lowest BCUT2D eigenvalue weighted by atomic mass is 9.99. The second-order valence-corrected chi connectivity index (χ2v) is 6.73. The molecule has 0 amide bonds. The van der Waals surface area contributed by atoms with Gasteiger partial charge in [-0.3, -0.25) is 4.99 Å². The van der Waals surface area contributed by atoms with Gasteiger partial charge in [-0.05, 0) is 29.7 Å². The van der Waals surface area contributed by atoms with Gasteiger partial charge < -0.3 is 19.7 Å². The largest absolute Gasteiger partial charge is 0.491 e. The lowest BCUT2D eigenvalue weighted by Crippen LogP contribution is -2.39. The highest BCUT2D eigenvalue weighted by molar-refractivity contribution is 14.0. The van der Waals surface area contributed by atoms with Crippen LogP contribution in [0.4, 0.5) is 0 Å². The maximum absolute atomic E-state index is 5.61. The highest BCUT2D eigenvalue weighted by Gasteiger charge is 2.25. The van der Waals surface area contributed by atoms with E-state index in [0.717, 1.165) is 37.8 Å². The van der Waals surface area contributed by atoms with E-state index in [1.807, 2.05) is 19.2 Å². The fraction of sp³-hybridized carbons (Fsp3) is 0.409. The number of guanidine groups is 1. The third-order valence-corrected chi connectivity index (χ3v) is 4.90. The van der Waals surface area contributed by atoms with Crippen LogP contribution in [-0.2, 0) is 11.3 Å². The summed E-state index contributed by atoms with van der Waals surface area (Å²) in [5.41, 5.74) is 2.62. The van der Waals surface area contributed by atoms with Crippen LogP contribution in [0.3, 0.4) is 0 Å². The van der Waals surface area contributed by atoms with Crippen molar-refractivity contribution in [1.29, 1.82) is 0 Å². The third-order valence-electron chi connectivity index (χ3n) is 4.90. The van der Waals surface area contributed by atoms with E-state index in [-0.39, 0.29) is 24.0 Å². The van der Waals surface area contributed by atoms with Crippen LogP contribution in [0.5, 0.6) is 5.75 Å². The molecule has 1 fully saturated rings. The Morgan fingerprint density at radius 2 is 1.86 bits per heavy atom. The molecule has 2 aromatic rings. The van der Waals surface area contributed by atoms with Crippen molar-refractivity contribution in [2.24, 2.45) is 4.99 Å². The first-order valence-corrected chi connectivity index (χ1v) is 9.51. The molecule has 1 unspecified atom stereocenters. The van der Waals surface area contributed by atoms with Crippen molar-refractivity contribution in [3.05, 3.63) is 65.7 Å². The van der Waals surface area contributed by atoms with Crippen molar-refractivity contribution in [3.63, 3.8) is 0 Å². The van der Waals surface area contributed by atoms with Crippen LogP contribution < -0.4 is 10.1 Å². The Hall–Kier alpha value is -1.80. The van der Waals surface area contributed by atoms with Gasteiger partial charge in [-0.1, -0.05) is 42.5 Å². The Morgan fingerprint density at radius 3 is 2.54 bits per heavy atom. The number of ether oxygens (including phenoxy) is 2. The van der Waals surface area contributed by atoms with Crippen LogP contribution >= 0.6 is 24.0 Å². The lowest BCUT2D eigenvalue weighted by molar-refractivity contribution is 0.146. The zero-order valence-electron chi connectivity index (χ0n) is 16.6. The molecule has 0 bridgehead atoms. The summed E-state index contributed by atoms with van der Waals surface area (Å²) in [5, 5.41) is 3.49. The van der Waals surface area contributed by atoms with E-state index in [4.69, 9.17) is 9.47 Å². The number of nitrogens with zero attached hydrogens (tertiary/aromatic N) is 2. The number of hydrogen-bond acceptors (Lipinski definition) is 3. The Kier molecular flexibility index (Phi) is 9.57. The molecule has 0 radical (unpaired) electrons. The smallest absolute Gasteiger partial charge is 0.193 e. The maximum Gasteiger partial charge on any atom is 0.193 e. The molecule has 1 heterocycles. The fourth-order valence-electron chi connectivity index (χ4n) is 3.41. The Balaban J connectivity index is 0.00000280. The number of methoxy groups -OCH3 is 1. The van der Waals surface area contributed by atoms with Crippen LogP contribution in [-0.4, -0.2) is 51.3 Å². The van der Waals surface area contributed by atoms with Gasteiger partial charge in [-0.25, -0.2) is 0 Å². The molecule has 1 atom stereocenters. The molecule has 3 rings (SSSR count). The molecule has 0 aliphatic carbocycles. The van der Waals surface area contributed by atoms with Gasteiger partial charge in [-0.15, -0.1) is 24.0 Å². The zero-order valence-corrected chi connectivity index (χ0v) is 19.0. The van der Waals surface area contributed by atoms with E-state index in [0.29, 0.717) is 19.1 Å². The van der Waals surface area contributed by atoms with Gasteiger partial charge in [-0.2, -0.15) is 0 Å². The summed E-state index contributed by atoms with van der Waals surface area (Å²) in [5.74, 6) is 2.41. The number of likely N-dealkylation sites (tertiary alicyclic amines) is 1. The van der Waals surface area contributed by atoms with Crippen molar-refractivity contribution in [2.45, 2.75) is 18.9 Å². The topological polar surface area (TPSA) is 46.1 Å². The number of aliphatic imine (C=N–C) groups is 1. The second-order valence-electron chi connectivity index (χ2n) is 6.73. The van der Waals surface area contributed by atoms with Gasteiger partial charge in [0.15, 0.2) is 5.96 Å². The molecule has 1 aliphatic rings. The van der Waals surface area contributed by atoms with E-state index in [1.54, 1.807) is 7.11 Å². The first-order valence-electron chi connectivity index (χ1n) is 9.51. The Bertz CT molecular complexity index is 722. The van der Waals surface area contributed by atoms with Crippen molar-refractivity contribution in [1.82, 2.24) is 10.2 Å². The summed E-state index contributed by atoms with van der Waals surface area (Å²) >= 11 is 0. The lowest BCUT2D eigenvalue weighted by Gasteiger charge is -2.22. The number of nitrogens with one attached hydrogen (secondary N) is 1. The summed E-state index contributed by atoms with van der Waals surface area (Å²) in [4.78, 5) is 6.82. The van der Waals surface area contributed by atoms with Gasteiger partial charge in [0.1, 0.15) is 12.4 Å². The highest BCUT2D eigenvalue weighted by Crippen LogP contribution is 2.26. The Labute approximate surface area is 185 Å². The number of halogens is 1. The molecule has 0 spiro atoms. The Morgan fingerprint density at radius 1 is 1.11 bits per heavy atom. The average molecular weight is 495 g/mol. The van der Waals surface area contributed by atoms with E-state index in [1.165, 1.54) is 11.1 Å². The van der Waals surface area contributed by atoms with Crippen molar-refractivity contribution < 1.29 is 9.47 Å². The molecular formula is C22H30IN3O2. The molecule has 6 heteroatoms. The molecule has 2 aromatic carbocycles. The third kappa shape index (κ3) is 6.38. The summed E-state index contributed by atoms with van der Waals surface area (Å²) in [7, 11) is 3.53. The fourth-order valence-corrected chi connectivity index (χ4v) is 3.41. The maximum atomic E-state index is 5.61. The first-order chi connectivity index (χ1) is 13.3. The molecular weight excluding hydrogens is 465 g/mol. The predicted molar refractivity (Wildman–Crippen MR) is 125 cm³/mol. The van der Waals surface area contributed by atoms with Gasteiger partial charge in [0.25, 0.3) is 0 Å².